The van der Waals surface area contributed by atoms with E-state index in [1.54, 1.807) is 0 Å². The van der Waals surface area contributed by atoms with E-state index in [2.05, 4.69) is 67.7 Å². The average molecular weight is 367 g/mol. The Labute approximate surface area is 167 Å². The molecule has 1 heterocycles. The summed E-state index contributed by atoms with van der Waals surface area (Å²) in [6.07, 6.45) is 2.38. The first-order chi connectivity index (χ1) is 13.6. The standard InChI is InChI=1S/C26H26N2/c1-16(2)26-25-13-22(7-5-18(25)9-10-28-26)24-14-23(24)21-8-6-19-11-17(15-27)3-4-20(19)12-21/h3-8,11-13,16,23-24,26,28H,9-10,14H2,1-2H3. The Morgan fingerprint density at radius 1 is 0.929 bits per heavy atom. The van der Waals surface area contributed by atoms with E-state index < -0.39 is 0 Å². The summed E-state index contributed by atoms with van der Waals surface area (Å²) in [5.74, 6) is 1.87. The van der Waals surface area contributed by atoms with Crippen LogP contribution in [0.5, 0.6) is 0 Å². The fraction of sp³-hybridized carbons (Fsp3) is 0.346. The summed E-state index contributed by atoms with van der Waals surface area (Å²) in [6, 6.07) is 22.7. The predicted octanol–water partition coefficient (Wildman–Crippen LogP) is 5.83. The quantitative estimate of drug-likeness (QED) is 0.633. The van der Waals surface area contributed by atoms with Crippen molar-refractivity contribution < 1.29 is 0 Å². The third-order valence-corrected chi connectivity index (χ3v) is 6.57. The third-order valence-electron chi connectivity index (χ3n) is 6.57. The topological polar surface area (TPSA) is 35.8 Å². The van der Waals surface area contributed by atoms with Gasteiger partial charge in [-0.25, -0.2) is 0 Å². The number of rotatable bonds is 3. The molecule has 1 saturated carbocycles. The number of hydrogen-bond donors (Lipinski definition) is 1. The van der Waals surface area contributed by atoms with Crippen LogP contribution in [-0.2, 0) is 6.42 Å². The molecule has 1 N–H and O–H groups in total. The van der Waals surface area contributed by atoms with E-state index in [1.165, 1.54) is 34.1 Å². The molecule has 140 valence electrons. The van der Waals surface area contributed by atoms with Crippen LogP contribution in [0, 0.1) is 17.2 Å². The molecule has 1 fully saturated rings. The molecular weight excluding hydrogens is 340 g/mol. The molecule has 0 bridgehead atoms. The lowest BCUT2D eigenvalue weighted by molar-refractivity contribution is 0.395. The van der Waals surface area contributed by atoms with Crippen LogP contribution in [0.25, 0.3) is 10.8 Å². The zero-order valence-corrected chi connectivity index (χ0v) is 16.6. The molecule has 28 heavy (non-hydrogen) atoms. The molecule has 3 aromatic carbocycles. The highest BCUT2D eigenvalue weighted by atomic mass is 14.9. The fourth-order valence-electron chi connectivity index (χ4n) is 4.92. The Bertz CT molecular complexity index is 1090. The minimum Gasteiger partial charge on any atom is -0.309 e. The van der Waals surface area contributed by atoms with Gasteiger partial charge in [0.05, 0.1) is 11.6 Å². The SMILES string of the molecule is CC(C)C1NCCc2ccc(C3CC3c3ccc4cc(C#N)ccc4c3)cc21. The second-order valence-corrected chi connectivity index (χ2v) is 8.77. The number of nitrogens with one attached hydrogen (secondary N) is 1. The second-order valence-electron chi connectivity index (χ2n) is 8.77. The Kier molecular flexibility index (Phi) is 4.22. The maximum Gasteiger partial charge on any atom is 0.0991 e. The van der Waals surface area contributed by atoms with Gasteiger partial charge in [-0.15, -0.1) is 0 Å². The van der Waals surface area contributed by atoms with E-state index in [9.17, 15) is 0 Å². The predicted molar refractivity (Wildman–Crippen MR) is 114 cm³/mol. The van der Waals surface area contributed by atoms with Crippen LogP contribution in [0.3, 0.4) is 0 Å². The Morgan fingerprint density at radius 3 is 2.43 bits per heavy atom. The van der Waals surface area contributed by atoms with Crippen molar-refractivity contribution in [2.24, 2.45) is 5.92 Å². The molecule has 0 amide bonds. The first kappa shape index (κ1) is 17.5. The Balaban J connectivity index is 1.42. The average Bonchev–Trinajstić information content (AvgIpc) is 3.53. The van der Waals surface area contributed by atoms with Crippen LogP contribution in [0.4, 0.5) is 0 Å². The van der Waals surface area contributed by atoms with Gasteiger partial charge in [0.1, 0.15) is 0 Å². The molecule has 1 aliphatic heterocycles. The second kappa shape index (κ2) is 6.76. The van der Waals surface area contributed by atoms with Crippen molar-refractivity contribution in [3.05, 3.63) is 82.4 Å². The van der Waals surface area contributed by atoms with Crippen LogP contribution in [0.2, 0.25) is 0 Å². The zero-order chi connectivity index (χ0) is 19.3. The maximum absolute atomic E-state index is 9.09. The summed E-state index contributed by atoms with van der Waals surface area (Å²) in [4.78, 5) is 0. The number of hydrogen-bond acceptors (Lipinski definition) is 2. The van der Waals surface area contributed by atoms with Crippen LogP contribution < -0.4 is 5.32 Å². The van der Waals surface area contributed by atoms with E-state index in [1.807, 2.05) is 12.1 Å². The van der Waals surface area contributed by atoms with E-state index in [-0.39, 0.29) is 0 Å². The molecular formula is C26H26N2. The van der Waals surface area contributed by atoms with Gasteiger partial charge < -0.3 is 5.32 Å². The van der Waals surface area contributed by atoms with Crippen molar-refractivity contribution in [1.82, 2.24) is 5.32 Å². The van der Waals surface area contributed by atoms with Gasteiger partial charge in [-0.2, -0.15) is 5.26 Å². The summed E-state index contributed by atoms with van der Waals surface area (Å²) in [7, 11) is 0. The molecule has 0 radical (unpaired) electrons. The summed E-state index contributed by atoms with van der Waals surface area (Å²) in [5, 5.41) is 15.2. The first-order valence-corrected chi connectivity index (χ1v) is 10.4. The number of benzene rings is 3. The van der Waals surface area contributed by atoms with Crippen molar-refractivity contribution in [1.29, 1.82) is 5.26 Å². The fourth-order valence-corrected chi connectivity index (χ4v) is 4.92. The monoisotopic (exact) mass is 366 g/mol. The molecule has 0 spiro atoms. The zero-order valence-electron chi connectivity index (χ0n) is 16.6. The summed E-state index contributed by atoms with van der Waals surface area (Å²) in [6.45, 7) is 5.71. The first-order valence-electron chi connectivity index (χ1n) is 10.4. The molecule has 3 atom stereocenters. The number of nitrogens with zero attached hydrogens (tertiary/aromatic N) is 1. The minimum absolute atomic E-state index is 0.482. The number of fused-ring (bicyclic) bond motifs is 2. The Morgan fingerprint density at radius 2 is 1.64 bits per heavy atom. The Hall–Kier alpha value is -2.63. The largest absolute Gasteiger partial charge is 0.309 e. The molecule has 0 saturated heterocycles. The van der Waals surface area contributed by atoms with Gasteiger partial charge >= 0.3 is 0 Å². The van der Waals surface area contributed by atoms with Gasteiger partial charge in [0.15, 0.2) is 0 Å². The molecule has 3 unspecified atom stereocenters. The normalized spacial score (nSPS) is 23.4. The molecule has 3 aromatic rings. The van der Waals surface area contributed by atoms with Crippen molar-refractivity contribution >= 4 is 10.8 Å². The molecule has 1 aliphatic carbocycles. The van der Waals surface area contributed by atoms with Gasteiger partial charge in [0.25, 0.3) is 0 Å². The summed E-state index contributed by atoms with van der Waals surface area (Å²) >= 11 is 0. The highest BCUT2D eigenvalue weighted by Crippen LogP contribution is 2.55. The molecule has 2 nitrogen and oxygen atoms in total. The highest BCUT2D eigenvalue weighted by Gasteiger charge is 2.40. The van der Waals surface area contributed by atoms with Gasteiger partial charge in [-0.05, 0) is 82.3 Å². The van der Waals surface area contributed by atoms with Crippen molar-refractivity contribution in [2.45, 2.75) is 44.6 Å². The minimum atomic E-state index is 0.482. The van der Waals surface area contributed by atoms with Gasteiger partial charge in [0.2, 0.25) is 0 Å². The maximum atomic E-state index is 9.09. The molecule has 2 aliphatic rings. The summed E-state index contributed by atoms with van der Waals surface area (Å²) in [5.41, 5.74) is 6.70. The van der Waals surface area contributed by atoms with Crippen LogP contribution in [-0.4, -0.2) is 6.54 Å². The van der Waals surface area contributed by atoms with Crippen LogP contribution in [0.15, 0.2) is 54.6 Å². The van der Waals surface area contributed by atoms with Crippen LogP contribution >= 0.6 is 0 Å². The van der Waals surface area contributed by atoms with E-state index in [0.717, 1.165) is 23.9 Å². The molecule has 0 aromatic heterocycles. The highest BCUT2D eigenvalue weighted by molar-refractivity contribution is 5.84. The lowest BCUT2D eigenvalue weighted by atomic mass is 9.86. The lowest BCUT2D eigenvalue weighted by Crippen LogP contribution is -2.33. The van der Waals surface area contributed by atoms with Gasteiger partial charge in [-0.3, -0.25) is 0 Å². The van der Waals surface area contributed by atoms with Gasteiger partial charge in [0, 0.05) is 6.04 Å². The van der Waals surface area contributed by atoms with E-state index in [4.69, 9.17) is 5.26 Å². The van der Waals surface area contributed by atoms with Crippen molar-refractivity contribution in [3.63, 3.8) is 0 Å². The lowest BCUT2D eigenvalue weighted by Gasteiger charge is -2.30. The van der Waals surface area contributed by atoms with Crippen molar-refractivity contribution in [2.75, 3.05) is 6.54 Å². The number of nitriles is 1. The van der Waals surface area contributed by atoms with E-state index in [0.29, 0.717) is 23.8 Å². The summed E-state index contributed by atoms with van der Waals surface area (Å²) < 4.78 is 0. The molecule has 5 rings (SSSR count). The third kappa shape index (κ3) is 3.01. The van der Waals surface area contributed by atoms with Crippen molar-refractivity contribution in [3.8, 4) is 6.07 Å². The smallest absolute Gasteiger partial charge is 0.0991 e. The van der Waals surface area contributed by atoms with Crippen LogP contribution in [0.1, 0.15) is 66.0 Å². The van der Waals surface area contributed by atoms with E-state index >= 15 is 0 Å². The molecule has 2 heteroatoms. The van der Waals surface area contributed by atoms with Gasteiger partial charge in [-0.1, -0.05) is 56.3 Å².